The fourth-order valence-electron chi connectivity index (χ4n) is 3.08. The van der Waals surface area contributed by atoms with Gasteiger partial charge >= 0.3 is 0 Å². The predicted molar refractivity (Wildman–Crippen MR) is 88.2 cm³/mol. The third-order valence-corrected chi connectivity index (χ3v) is 5.82. The number of hydrazine groups is 1. The van der Waals surface area contributed by atoms with Crippen LogP contribution in [0.3, 0.4) is 0 Å². The number of aryl methyl sites for hydroxylation is 1. The van der Waals surface area contributed by atoms with Crippen LogP contribution in [0, 0.1) is 12.3 Å². The Labute approximate surface area is 131 Å². The molecule has 0 aliphatic heterocycles. The maximum absolute atomic E-state index is 11.6. The van der Waals surface area contributed by atoms with Crippen molar-refractivity contribution in [2.24, 2.45) is 11.3 Å². The maximum Gasteiger partial charge on any atom is 0.275 e. The summed E-state index contributed by atoms with van der Waals surface area (Å²) in [5.41, 5.74) is 3.95. The summed E-state index contributed by atoms with van der Waals surface area (Å²) in [6.07, 6.45) is 5.13. The summed E-state index contributed by atoms with van der Waals surface area (Å²) in [6.45, 7) is 7.71. The molecule has 1 aromatic rings. The van der Waals surface area contributed by atoms with Gasteiger partial charge in [-0.3, -0.25) is 15.1 Å². The number of nitrogen functional groups attached to an aromatic ring is 1. The van der Waals surface area contributed by atoms with E-state index in [1.165, 1.54) is 47.5 Å². The molecular formula is C16H27N3OS. The van der Waals surface area contributed by atoms with Gasteiger partial charge in [0.15, 0.2) is 0 Å². The average molecular weight is 309 g/mol. The molecule has 21 heavy (non-hydrogen) atoms. The van der Waals surface area contributed by atoms with Crippen molar-refractivity contribution in [3.63, 3.8) is 0 Å². The minimum Gasteiger partial charge on any atom is -0.299 e. The number of rotatable bonds is 4. The molecule has 1 heterocycles. The van der Waals surface area contributed by atoms with Crippen molar-refractivity contribution in [3.8, 4) is 0 Å². The molecule has 3 N–H and O–H groups in total. The first kappa shape index (κ1) is 16.5. The minimum absolute atomic E-state index is 0.198. The molecule has 0 spiro atoms. The van der Waals surface area contributed by atoms with Gasteiger partial charge in [-0.05, 0) is 56.7 Å². The summed E-state index contributed by atoms with van der Waals surface area (Å²) in [5, 5.41) is 0. The molecule has 1 fully saturated rings. The van der Waals surface area contributed by atoms with Crippen LogP contribution in [0.5, 0.6) is 0 Å². The Hall–Kier alpha value is -0.910. The summed E-state index contributed by atoms with van der Waals surface area (Å²) < 4.78 is 0. The van der Waals surface area contributed by atoms with E-state index in [-0.39, 0.29) is 5.91 Å². The van der Waals surface area contributed by atoms with Gasteiger partial charge in [0.1, 0.15) is 0 Å². The third-order valence-electron chi connectivity index (χ3n) is 4.73. The number of thiophene rings is 1. The van der Waals surface area contributed by atoms with Gasteiger partial charge in [0.05, 0.1) is 4.88 Å². The average Bonchev–Trinajstić information content (AvgIpc) is 2.79. The molecule has 118 valence electrons. The molecule has 1 saturated carbocycles. The van der Waals surface area contributed by atoms with Gasteiger partial charge in [-0.25, -0.2) is 5.84 Å². The Morgan fingerprint density at radius 2 is 2.10 bits per heavy atom. The molecule has 1 aromatic heterocycles. The lowest BCUT2D eigenvalue weighted by atomic mass is 9.75. The zero-order valence-corrected chi connectivity index (χ0v) is 14.3. The van der Waals surface area contributed by atoms with Crippen molar-refractivity contribution in [1.29, 1.82) is 0 Å². The van der Waals surface area contributed by atoms with Crippen molar-refractivity contribution in [2.45, 2.75) is 59.0 Å². The summed E-state index contributed by atoms with van der Waals surface area (Å²) >= 11 is 1.52. The summed E-state index contributed by atoms with van der Waals surface area (Å²) in [5.74, 6) is 5.01. The van der Waals surface area contributed by atoms with Crippen LogP contribution in [0.4, 0.5) is 0 Å². The van der Waals surface area contributed by atoms with Gasteiger partial charge in [-0.15, -0.1) is 11.3 Å². The van der Waals surface area contributed by atoms with E-state index in [2.05, 4.69) is 38.1 Å². The van der Waals surface area contributed by atoms with Gasteiger partial charge in [0.2, 0.25) is 0 Å². The van der Waals surface area contributed by atoms with Gasteiger partial charge in [-0.2, -0.15) is 0 Å². The van der Waals surface area contributed by atoms with Crippen LogP contribution in [-0.4, -0.2) is 23.9 Å². The highest BCUT2D eigenvalue weighted by atomic mass is 32.1. The number of carbonyl (C=O) groups is 1. The van der Waals surface area contributed by atoms with E-state index in [9.17, 15) is 4.79 Å². The molecule has 2 rings (SSSR count). The van der Waals surface area contributed by atoms with Crippen LogP contribution < -0.4 is 11.3 Å². The molecule has 5 heteroatoms. The fourth-order valence-corrected chi connectivity index (χ4v) is 4.02. The lowest BCUT2D eigenvalue weighted by Gasteiger charge is -2.38. The monoisotopic (exact) mass is 309 g/mol. The number of hydrogen-bond acceptors (Lipinski definition) is 4. The van der Waals surface area contributed by atoms with Crippen molar-refractivity contribution in [2.75, 3.05) is 7.05 Å². The Bertz CT molecular complexity index is 500. The topological polar surface area (TPSA) is 58.4 Å². The second-order valence-electron chi connectivity index (χ2n) is 6.98. The quantitative estimate of drug-likeness (QED) is 0.510. The van der Waals surface area contributed by atoms with Crippen LogP contribution in [0.1, 0.15) is 59.6 Å². The molecule has 0 saturated heterocycles. The van der Waals surface area contributed by atoms with E-state index < -0.39 is 0 Å². The molecular weight excluding hydrogens is 282 g/mol. The standard InChI is InChI=1S/C16H27N3OS/c1-11-12(9-14(21-11)15(20)18-17)10-19(4)13-5-7-16(2,3)8-6-13/h9,13H,5-8,10,17H2,1-4H3,(H,18,20). The smallest absolute Gasteiger partial charge is 0.275 e. The highest BCUT2D eigenvalue weighted by Gasteiger charge is 2.29. The summed E-state index contributed by atoms with van der Waals surface area (Å²) in [6, 6.07) is 2.63. The largest absolute Gasteiger partial charge is 0.299 e. The molecule has 0 atom stereocenters. The Kier molecular flexibility index (Phi) is 5.07. The van der Waals surface area contributed by atoms with Crippen LogP contribution in [-0.2, 0) is 6.54 Å². The first-order valence-corrected chi connectivity index (χ1v) is 8.44. The second kappa shape index (κ2) is 6.46. The van der Waals surface area contributed by atoms with Gasteiger partial charge in [0, 0.05) is 17.5 Å². The SMILES string of the molecule is Cc1sc(C(=O)NN)cc1CN(C)C1CCC(C)(C)CC1. The van der Waals surface area contributed by atoms with E-state index in [1.54, 1.807) is 0 Å². The van der Waals surface area contributed by atoms with Crippen molar-refractivity contribution in [3.05, 3.63) is 21.4 Å². The Morgan fingerprint density at radius 1 is 1.48 bits per heavy atom. The summed E-state index contributed by atoms with van der Waals surface area (Å²) in [7, 11) is 2.20. The van der Waals surface area contributed by atoms with Crippen LogP contribution in [0.15, 0.2) is 6.07 Å². The van der Waals surface area contributed by atoms with E-state index in [1.807, 2.05) is 6.07 Å². The molecule has 0 radical (unpaired) electrons. The first-order valence-electron chi connectivity index (χ1n) is 7.63. The van der Waals surface area contributed by atoms with E-state index >= 15 is 0 Å². The number of nitrogens with two attached hydrogens (primary N) is 1. The molecule has 0 aromatic carbocycles. The van der Waals surface area contributed by atoms with E-state index in [4.69, 9.17) is 5.84 Å². The highest BCUT2D eigenvalue weighted by Crippen LogP contribution is 2.37. The van der Waals surface area contributed by atoms with Gasteiger partial charge < -0.3 is 0 Å². The predicted octanol–water partition coefficient (Wildman–Crippen LogP) is 3.06. The maximum atomic E-state index is 11.6. The third kappa shape index (κ3) is 4.05. The van der Waals surface area contributed by atoms with Crippen molar-refractivity contribution >= 4 is 17.2 Å². The summed E-state index contributed by atoms with van der Waals surface area (Å²) in [4.78, 5) is 15.9. The van der Waals surface area contributed by atoms with Gasteiger partial charge in [0.25, 0.3) is 5.91 Å². The zero-order valence-electron chi connectivity index (χ0n) is 13.5. The molecule has 1 aliphatic carbocycles. The van der Waals surface area contributed by atoms with Crippen molar-refractivity contribution in [1.82, 2.24) is 10.3 Å². The first-order chi connectivity index (χ1) is 9.82. The highest BCUT2D eigenvalue weighted by molar-refractivity contribution is 7.14. The lowest BCUT2D eigenvalue weighted by Crippen LogP contribution is -2.36. The lowest BCUT2D eigenvalue weighted by molar-refractivity contribution is 0.0957. The van der Waals surface area contributed by atoms with Crippen LogP contribution in [0.2, 0.25) is 0 Å². The van der Waals surface area contributed by atoms with E-state index in [0.29, 0.717) is 16.3 Å². The molecule has 4 nitrogen and oxygen atoms in total. The number of nitrogens with zero attached hydrogens (tertiary/aromatic N) is 1. The molecule has 1 amide bonds. The minimum atomic E-state index is -0.198. The van der Waals surface area contributed by atoms with Crippen molar-refractivity contribution < 1.29 is 4.79 Å². The molecule has 1 aliphatic rings. The number of nitrogens with one attached hydrogen (secondary N) is 1. The number of amides is 1. The Morgan fingerprint density at radius 3 is 2.67 bits per heavy atom. The second-order valence-corrected chi connectivity index (χ2v) is 8.23. The fraction of sp³-hybridized carbons (Fsp3) is 0.688. The molecule has 0 unspecified atom stereocenters. The normalized spacial score (nSPS) is 19.0. The van der Waals surface area contributed by atoms with Crippen LogP contribution in [0.25, 0.3) is 0 Å². The van der Waals surface area contributed by atoms with E-state index in [0.717, 1.165) is 6.54 Å². The molecule has 0 bridgehead atoms. The Balaban J connectivity index is 1.98. The number of hydrogen-bond donors (Lipinski definition) is 2. The zero-order chi connectivity index (χ0) is 15.6. The number of carbonyl (C=O) groups excluding carboxylic acids is 1. The van der Waals surface area contributed by atoms with Gasteiger partial charge in [-0.1, -0.05) is 13.8 Å². The van der Waals surface area contributed by atoms with Crippen LogP contribution >= 0.6 is 11.3 Å².